The van der Waals surface area contributed by atoms with Crippen molar-refractivity contribution in [2.75, 3.05) is 5.32 Å². The molecule has 7 heteroatoms. The second-order valence-electron chi connectivity index (χ2n) is 4.16. The monoisotopic (exact) mass is 341 g/mol. The summed E-state index contributed by atoms with van der Waals surface area (Å²) in [6.45, 7) is 1.98. The Morgan fingerprint density at radius 1 is 1.63 bits per heavy atom. The third-order valence-electron chi connectivity index (χ3n) is 2.54. The zero-order chi connectivity index (χ0) is 13.8. The number of nitrogens with one attached hydrogen (secondary N) is 1. The van der Waals surface area contributed by atoms with Crippen LogP contribution in [0.5, 0.6) is 0 Å². The Morgan fingerprint density at radius 2 is 2.42 bits per heavy atom. The van der Waals surface area contributed by atoms with Crippen LogP contribution in [0.3, 0.4) is 0 Å². The van der Waals surface area contributed by atoms with Crippen molar-refractivity contribution in [2.24, 2.45) is 0 Å². The van der Waals surface area contributed by atoms with Gasteiger partial charge in [0.1, 0.15) is 0 Å². The number of nitrogens with zero attached hydrogens (tertiary/aromatic N) is 2. The van der Waals surface area contributed by atoms with Crippen LogP contribution in [0.4, 0.5) is 11.5 Å². The largest absolute Gasteiger partial charge is 0.362 e. The SMILES string of the molecule is CC(Cc1ccsc1)Nc1ncc(Br)cc1[N+](=O)[O-]. The van der Waals surface area contributed by atoms with Crippen molar-refractivity contribution < 1.29 is 4.92 Å². The van der Waals surface area contributed by atoms with Gasteiger partial charge >= 0.3 is 5.69 Å². The molecule has 0 saturated carbocycles. The Kier molecular flexibility index (Phi) is 4.49. The summed E-state index contributed by atoms with van der Waals surface area (Å²) >= 11 is 4.83. The van der Waals surface area contributed by atoms with Gasteiger partial charge in [-0.1, -0.05) is 0 Å². The Bertz CT molecular complexity index is 574. The van der Waals surface area contributed by atoms with Gasteiger partial charge in [0.2, 0.25) is 5.82 Å². The number of nitro groups is 1. The van der Waals surface area contributed by atoms with Crippen molar-refractivity contribution in [1.82, 2.24) is 4.98 Å². The van der Waals surface area contributed by atoms with Crippen LogP contribution in [-0.2, 0) is 6.42 Å². The van der Waals surface area contributed by atoms with Gasteiger partial charge in [-0.05, 0) is 51.7 Å². The molecule has 0 radical (unpaired) electrons. The normalized spacial score (nSPS) is 12.1. The Morgan fingerprint density at radius 3 is 3.05 bits per heavy atom. The molecular formula is C12H12BrN3O2S. The predicted octanol–water partition coefficient (Wildman–Crippen LogP) is 3.86. The van der Waals surface area contributed by atoms with Gasteiger partial charge < -0.3 is 5.32 Å². The lowest BCUT2D eigenvalue weighted by atomic mass is 10.1. The van der Waals surface area contributed by atoms with Gasteiger partial charge in [-0.15, -0.1) is 0 Å². The smallest absolute Gasteiger partial charge is 0.312 e. The fourth-order valence-electron chi connectivity index (χ4n) is 1.73. The minimum Gasteiger partial charge on any atom is -0.362 e. The number of anilines is 1. The molecule has 1 atom stereocenters. The maximum absolute atomic E-state index is 11.0. The van der Waals surface area contributed by atoms with Crippen LogP contribution in [0.25, 0.3) is 0 Å². The first-order chi connectivity index (χ1) is 9.06. The van der Waals surface area contributed by atoms with E-state index in [1.54, 1.807) is 17.5 Å². The molecule has 0 bridgehead atoms. The Balaban J connectivity index is 2.12. The first-order valence-corrected chi connectivity index (χ1v) is 7.37. The topological polar surface area (TPSA) is 68.1 Å². The van der Waals surface area contributed by atoms with E-state index < -0.39 is 4.92 Å². The van der Waals surface area contributed by atoms with Gasteiger partial charge in [0, 0.05) is 22.8 Å². The van der Waals surface area contributed by atoms with Crippen LogP contribution in [-0.4, -0.2) is 15.9 Å². The molecule has 2 aromatic rings. The van der Waals surface area contributed by atoms with E-state index in [2.05, 4.69) is 31.6 Å². The zero-order valence-electron chi connectivity index (χ0n) is 10.2. The summed E-state index contributed by atoms with van der Waals surface area (Å²) < 4.78 is 0.593. The minimum atomic E-state index is -0.433. The third-order valence-corrected chi connectivity index (χ3v) is 3.70. The number of thiophene rings is 1. The van der Waals surface area contributed by atoms with E-state index in [-0.39, 0.29) is 11.7 Å². The number of rotatable bonds is 5. The second-order valence-corrected chi connectivity index (χ2v) is 5.86. The van der Waals surface area contributed by atoms with E-state index in [1.165, 1.54) is 11.6 Å². The van der Waals surface area contributed by atoms with Crippen molar-refractivity contribution in [3.63, 3.8) is 0 Å². The maximum Gasteiger partial charge on any atom is 0.312 e. The molecule has 0 saturated heterocycles. The van der Waals surface area contributed by atoms with E-state index in [0.717, 1.165) is 6.42 Å². The molecule has 0 aliphatic heterocycles. The summed E-state index contributed by atoms with van der Waals surface area (Å²) in [5, 5.41) is 18.2. The van der Waals surface area contributed by atoms with Crippen molar-refractivity contribution in [3.05, 3.63) is 49.2 Å². The number of aromatic nitrogens is 1. The molecule has 0 aliphatic carbocycles. The molecule has 100 valence electrons. The van der Waals surface area contributed by atoms with E-state index in [0.29, 0.717) is 10.3 Å². The number of hydrogen-bond acceptors (Lipinski definition) is 5. The lowest BCUT2D eigenvalue weighted by molar-refractivity contribution is -0.384. The van der Waals surface area contributed by atoms with Crippen LogP contribution < -0.4 is 5.32 Å². The summed E-state index contributed by atoms with van der Waals surface area (Å²) in [5.74, 6) is 0.302. The van der Waals surface area contributed by atoms with Gasteiger partial charge in [-0.2, -0.15) is 11.3 Å². The highest BCUT2D eigenvalue weighted by atomic mass is 79.9. The van der Waals surface area contributed by atoms with Gasteiger partial charge in [-0.3, -0.25) is 10.1 Å². The average molecular weight is 342 g/mol. The molecule has 0 aromatic carbocycles. The molecule has 2 heterocycles. The van der Waals surface area contributed by atoms with Crippen LogP contribution in [0.1, 0.15) is 12.5 Å². The van der Waals surface area contributed by atoms with Gasteiger partial charge in [0.15, 0.2) is 0 Å². The van der Waals surface area contributed by atoms with Crippen LogP contribution in [0, 0.1) is 10.1 Å². The number of halogens is 1. The number of hydrogen-bond donors (Lipinski definition) is 1. The average Bonchev–Trinajstić information content (AvgIpc) is 2.83. The highest BCUT2D eigenvalue weighted by molar-refractivity contribution is 9.10. The molecule has 19 heavy (non-hydrogen) atoms. The summed E-state index contributed by atoms with van der Waals surface area (Å²) in [7, 11) is 0. The molecule has 1 N–H and O–H groups in total. The summed E-state index contributed by atoms with van der Waals surface area (Å²) in [5.41, 5.74) is 1.19. The van der Waals surface area contributed by atoms with E-state index >= 15 is 0 Å². The molecule has 5 nitrogen and oxygen atoms in total. The van der Waals surface area contributed by atoms with Crippen molar-refractivity contribution in [1.29, 1.82) is 0 Å². The highest BCUT2D eigenvalue weighted by Crippen LogP contribution is 2.26. The molecule has 0 fully saturated rings. The predicted molar refractivity (Wildman–Crippen MR) is 79.7 cm³/mol. The summed E-state index contributed by atoms with van der Waals surface area (Å²) in [6.07, 6.45) is 2.35. The van der Waals surface area contributed by atoms with Gasteiger partial charge in [0.25, 0.3) is 0 Å². The fraction of sp³-hybridized carbons (Fsp3) is 0.250. The second kappa shape index (κ2) is 6.12. The standard InChI is InChI=1S/C12H12BrN3O2S/c1-8(4-9-2-3-19-7-9)15-12-11(16(17)18)5-10(13)6-14-12/h2-3,5-8H,4H2,1H3,(H,14,15). The van der Waals surface area contributed by atoms with Crippen molar-refractivity contribution in [3.8, 4) is 0 Å². The molecule has 1 unspecified atom stereocenters. The Labute approximate surface area is 123 Å². The quantitative estimate of drug-likeness (QED) is 0.662. The van der Waals surface area contributed by atoms with E-state index in [4.69, 9.17) is 0 Å². The molecule has 0 aliphatic rings. The molecule has 0 amide bonds. The molecular weight excluding hydrogens is 330 g/mol. The van der Waals surface area contributed by atoms with E-state index in [9.17, 15) is 10.1 Å². The lowest BCUT2D eigenvalue weighted by Gasteiger charge is -2.13. The van der Waals surface area contributed by atoms with Crippen molar-refractivity contribution in [2.45, 2.75) is 19.4 Å². The molecule has 0 spiro atoms. The Hall–Kier alpha value is -1.47. The summed E-state index contributed by atoms with van der Waals surface area (Å²) in [4.78, 5) is 14.6. The molecule has 2 aromatic heterocycles. The third kappa shape index (κ3) is 3.74. The van der Waals surface area contributed by atoms with Crippen LogP contribution in [0.15, 0.2) is 33.6 Å². The zero-order valence-corrected chi connectivity index (χ0v) is 12.6. The van der Waals surface area contributed by atoms with Crippen LogP contribution in [0.2, 0.25) is 0 Å². The van der Waals surface area contributed by atoms with Gasteiger partial charge in [-0.25, -0.2) is 4.98 Å². The van der Waals surface area contributed by atoms with Gasteiger partial charge in [0.05, 0.1) is 4.92 Å². The first kappa shape index (κ1) is 14.0. The number of pyridine rings is 1. The minimum absolute atomic E-state index is 0.0217. The first-order valence-electron chi connectivity index (χ1n) is 5.64. The highest BCUT2D eigenvalue weighted by Gasteiger charge is 2.17. The van der Waals surface area contributed by atoms with E-state index in [1.807, 2.05) is 18.4 Å². The summed E-state index contributed by atoms with van der Waals surface area (Å²) in [6, 6.07) is 3.57. The van der Waals surface area contributed by atoms with Crippen molar-refractivity contribution >= 4 is 38.8 Å². The van der Waals surface area contributed by atoms with Crippen LogP contribution >= 0.6 is 27.3 Å². The maximum atomic E-state index is 11.0. The molecule has 2 rings (SSSR count). The lowest BCUT2D eigenvalue weighted by Crippen LogP contribution is -2.19. The fourth-order valence-corrected chi connectivity index (χ4v) is 2.73.